The van der Waals surface area contributed by atoms with Crippen LogP contribution in [-0.2, 0) is 4.74 Å². The first-order valence-electron chi connectivity index (χ1n) is 4.14. The molecule has 1 unspecified atom stereocenters. The van der Waals surface area contributed by atoms with E-state index in [2.05, 4.69) is 9.89 Å². The molecule has 0 aliphatic heterocycles. The van der Waals surface area contributed by atoms with E-state index in [0.29, 0.717) is 5.56 Å². The molecule has 0 spiro atoms. The molecule has 0 radical (unpaired) electrons. The van der Waals surface area contributed by atoms with Gasteiger partial charge in [-0.15, -0.1) is 0 Å². The van der Waals surface area contributed by atoms with Gasteiger partial charge >= 0.3 is 6.23 Å². The molecular weight excluding hydrogens is 200 g/mol. The Morgan fingerprint density at radius 2 is 2.13 bits per heavy atom. The van der Waals surface area contributed by atoms with Crippen LogP contribution >= 0.6 is 0 Å². The second-order valence-corrected chi connectivity index (χ2v) is 2.72. The van der Waals surface area contributed by atoms with Gasteiger partial charge in [0.2, 0.25) is 0 Å². The predicted octanol–water partition coefficient (Wildman–Crippen LogP) is 1.11. The highest BCUT2D eigenvalue weighted by molar-refractivity contribution is 6.02. The Morgan fingerprint density at radius 3 is 2.53 bits per heavy atom. The molecule has 1 atom stereocenters. The van der Waals surface area contributed by atoms with Crippen molar-refractivity contribution >= 4 is 5.71 Å². The van der Waals surface area contributed by atoms with Crippen molar-refractivity contribution in [2.45, 2.75) is 6.23 Å². The lowest BCUT2D eigenvalue weighted by molar-refractivity contribution is -0.550. The highest BCUT2D eigenvalue weighted by atomic mass is 16.7. The Labute approximate surface area is 85.9 Å². The van der Waals surface area contributed by atoms with Crippen molar-refractivity contribution in [3.8, 4) is 0 Å². The molecule has 1 rings (SSSR count). The fraction of sp³-hybridized carbons (Fsp3) is 0.222. The van der Waals surface area contributed by atoms with Crippen LogP contribution < -0.4 is 0 Å². The van der Waals surface area contributed by atoms with E-state index in [1.165, 1.54) is 7.11 Å². The summed E-state index contributed by atoms with van der Waals surface area (Å²) in [5.74, 6) is 0. The number of rotatable bonds is 4. The Hall–Kier alpha value is -1.95. The normalized spacial score (nSPS) is 13.5. The van der Waals surface area contributed by atoms with Crippen LogP contribution in [0.5, 0.6) is 0 Å². The standard InChI is InChI=1S/C9H10N2O4/c1-15-9(11(13)14)8(10-12)7-5-3-2-4-6-7/h2-6,9,12H,1H3. The molecule has 0 heterocycles. The highest BCUT2D eigenvalue weighted by Crippen LogP contribution is 2.07. The van der Waals surface area contributed by atoms with E-state index in [1.807, 2.05) is 0 Å². The molecule has 1 N–H and O–H groups in total. The Morgan fingerprint density at radius 1 is 1.53 bits per heavy atom. The molecule has 0 bridgehead atoms. The smallest absolute Gasteiger partial charge is 0.362 e. The summed E-state index contributed by atoms with van der Waals surface area (Å²) in [5, 5.41) is 22.2. The van der Waals surface area contributed by atoms with E-state index in [0.717, 1.165) is 0 Å². The molecule has 15 heavy (non-hydrogen) atoms. The fourth-order valence-corrected chi connectivity index (χ4v) is 1.16. The fourth-order valence-electron chi connectivity index (χ4n) is 1.16. The predicted molar refractivity (Wildman–Crippen MR) is 52.6 cm³/mol. The second-order valence-electron chi connectivity index (χ2n) is 2.72. The van der Waals surface area contributed by atoms with Crippen LogP contribution in [-0.4, -0.2) is 29.2 Å². The number of ether oxygens (including phenoxy) is 1. The van der Waals surface area contributed by atoms with Crippen molar-refractivity contribution in [2.75, 3.05) is 7.11 Å². The van der Waals surface area contributed by atoms with Gasteiger partial charge in [0.15, 0.2) is 5.71 Å². The lowest BCUT2D eigenvalue weighted by Gasteiger charge is -2.08. The van der Waals surface area contributed by atoms with Crippen molar-refractivity contribution in [3.63, 3.8) is 0 Å². The summed E-state index contributed by atoms with van der Waals surface area (Å²) in [5.41, 5.74) is 0.326. The quantitative estimate of drug-likeness (QED) is 0.265. The second kappa shape index (κ2) is 5.06. The first-order valence-corrected chi connectivity index (χ1v) is 4.14. The van der Waals surface area contributed by atoms with E-state index >= 15 is 0 Å². The molecule has 0 aromatic heterocycles. The minimum atomic E-state index is -1.46. The van der Waals surface area contributed by atoms with Crippen molar-refractivity contribution in [2.24, 2.45) is 5.16 Å². The average molecular weight is 210 g/mol. The molecule has 1 aromatic carbocycles. The van der Waals surface area contributed by atoms with Crippen molar-refractivity contribution in [3.05, 3.63) is 46.0 Å². The number of nitro groups is 1. The van der Waals surface area contributed by atoms with Gasteiger partial charge in [-0.25, -0.2) is 0 Å². The summed E-state index contributed by atoms with van der Waals surface area (Å²) in [6.07, 6.45) is -1.46. The molecular formula is C9H10N2O4. The Bertz CT molecular complexity index is 364. The number of benzene rings is 1. The maximum atomic E-state index is 10.6. The summed E-state index contributed by atoms with van der Waals surface area (Å²) in [4.78, 5) is 9.93. The van der Waals surface area contributed by atoms with Gasteiger partial charge in [-0.1, -0.05) is 35.5 Å². The summed E-state index contributed by atoms with van der Waals surface area (Å²) < 4.78 is 4.63. The summed E-state index contributed by atoms with van der Waals surface area (Å²) in [6.45, 7) is 0. The first-order chi connectivity index (χ1) is 7.20. The molecule has 0 saturated heterocycles. The maximum absolute atomic E-state index is 10.6. The van der Waals surface area contributed by atoms with Crippen LogP contribution in [0.4, 0.5) is 0 Å². The number of oxime groups is 1. The molecule has 0 saturated carbocycles. The Kier molecular flexibility index (Phi) is 3.75. The number of methoxy groups -OCH3 is 1. The highest BCUT2D eigenvalue weighted by Gasteiger charge is 2.28. The van der Waals surface area contributed by atoms with Gasteiger partial charge in [-0.2, -0.15) is 0 Å². The van der Waals surface area contributed by atoms with Gasteiger partial charge in [0.05, 0.1) is 4.92 Å². The molecule has 6 nitrogen and oxygen atoms in total. The molecule has 6 heteroatoms. The monoisotopic (exact) mass is 210 g/mol. The van der Waals surface area contributed by atoms with Crippen LogP contribution in [0.2, 0.25) is 0 Å². The van der Waals surface area contributed by atoms with Gasteiger partial charge in [-0.05, 0) is 0 Å². The molecule has 0 amide bonds. The van der Waals surface area contributed by atoms with Gasteiger partial charge < -0.3 is 9.94 Å². The summed E-state index contributed by atoms with van der Waals surface area (Å²) in [7, 11) is 1.18. The van der Waals surface area contributed by atoms with Crippen LogP contribution in [0.15, 0.2) is 35.5 Å². The Balaban J connectivity index is 3.05. The van der Waals surface area contributed by atoms with Crippen LogP contribution in [0.3, 0.4) is 0 Å². The number of nitrogens with zero attached hydrogens (tertiary/aromatic N) is 2. The number of hydrogen-bond donors (Lipinski definition) is 1. The summed E-state index contributed by atoms with van der Waals surface area (Å²) >= 11 is 0. The largest absolute Gasteiger partial charge is 0.410 e. The van der Waals surface area contributed by atoms with E-state index in [9.17, 15) is 10.1 Å². The maximum Gasteiger partial charge on any atom is 0.362 e. The molecule has 1 aromatic rings. The minimum absolute atomic E-state index is 0.122. The van der Waals surface area contributed by atoms with Crippen molar-refractivity contribution in [1.82, 2.24) is 0 Å². The molecule has 0 aliphatic rings. The van der Waals surface area contributed by atoms with Gasteiger partial charge in [0, 0.05) is 12.7 Å². The zero-order valence-electron chi connectivity index (χ0n) is 8.03. The average Bonchev–Trinajstić information content (AvgIpc) is 2.26. The van der Waals surface area contributed by atoms with Crippen LogP contribution in [0, 0.1) is 10.1 Å². The lowest BCUT2D eigenvalue weighted by atomic mass is 10.1. The number of hydrogen-bond acceptors (Lipinski definition) is 5. The van der Waals surface area contributed by atoms with Gasteiger partial charge in [-0.3, -0.25) is 10.1 Å². The van der Waals surface area contributed by atoms with Crippen molar-refractivity contribution in [1.29, 1.82) is 0 Å². The van der Waals surface area contributed by atoms with Gasteiger partial charge in [0.1, 0.15) is 0 Å². The van der Waals surface area contributed by atoms with E-state index in [4.69, 9.17) is 5.21 Å². The zero-order valence-corrected chi connectivity index (χ0v) is 8.03. The third-order valence-electron chi connectivity index (χ3n) is 1.83. The molecule has 0 aliphatic carbocycles. The van der Waals surface area contributed by atoms with Crippen molar-refractivity contribution < 1.29 is 14.9 Å². The molecule has 0 fully saturated rings. The lowest BCUT2D eigenvalue weighted by Crippen LogP contribution is -2.32. The van der Waals surface area contributed by atoms with Crippen LogP contribution in [0.1, 0.15) is 5.56 Å². The van der Waals surface area contributed by atoms with E-state index < -0.39 is 11.2 Å². The van der Waals surface area contributed by atoms with E-state index in [1.54, 1.807) is 30.3 Å². The SMILES string of the molecule is COC(C(=NO)c1ccccc1)[N+](=O)[O-]. The molecule has 80 valence electrons. The topological polar surface area (TPSA) is 85.0 Å². The third kappa shape index (κ3) is 2.50. The van der Waals surface area contributed by atoms with Gasteiger partial charge in [0.25, 0.3) is 0 Å². The zero-order chi connectivity index (χ0) is 11.3. The van der Waals surface area contributed by atoms with E-state index in [-0.39, 0.29) is 5.71 Å². The minimum Gasteiger partial charge on any atom is -0.410 e. The van der Waals surface area contributed by atoms with Crippen LogP contribution in [0.25, 0.3) is 0 Å². The first kappa shape index (κ1) is 11.1. The third-order valence-corrected chi connectivity index (χ3v) is 1.83. The summed E-state index contributed by atoms with van der Waals surface area (Å²) in [6, 6.07) is 8.34.